The third-order valence-corrected chi connectivity index (χ3v) is 4.88. The fourth-order valence-electron chi connectivity index (χ4n) is 2.84. The minimum Gasteiger partial charge on any atom is -0.257 e. The van der Waals surface area contributed by atoms with Crippen LogP contribution in [0.3, 0.4) is 0 Å². The smallest absolute Gasteiger partial charge is 0.0923 e. The highest BCUT2D eigenvalue weighted by molar-refractivity contribution is 7.10. The van der Waals surface area contributed by atoms with Crippen molar-refractivity contribution in [2.24, 2.45) is 5.10 Å². The molecule has 0 amide bonds. The van der Waals surface area contributed by atoms with Crippen LogP contribution in [0.25, 0.3) is 0 Å². The molecule has 1 aliphatic heterocycles. The summed E-state index contributed by atoms with van der Waals surface area (Å²) < 4.78 is 0. The fraction of sp³-hybridized carbons (Fsp3) is 0.105. The number of rotatable bonds is 3. The average Bonchev–Trinajstić information content (AvgIpc) is 3.26. The summed E-state index contributed by atoms with van der Waals surface area (Å²) in [6.07, 6.45) is 0.944. The van der Waals surface area contributed by atoms with Gasteiger partial charge in [0, 0.05) is 11.3 Å². The number of hydrogen-bond acceptors (Lipinski definition) is 3. The Morgan fingerprint density at radius 2 is 1.59 bits per heavy atom. The lowest BCUT2D eigenvalue weighted by molar-refractivity contribution is 0.722. The van der Waals surface area contributed by atoms with E-state index in [2.05, 4.69) is 71.1 Å². The first kappa shape index (κ1) is 13.3. The Labute approximate surface area is 134 Å². The molecule has 0 aliphatic carbocycles. The second-order valence-corrected chi connectivity index (χ2v) is 6.31. The molecule has 0 N–H and O–H groups in total. The van der Waals surface area contributed by atoms with Gasteiger partial charge in [0.1, 0.15) is 0 Å². The van der Waals surface area contributed by atoms with Crippen LogP contribution in [0.2, 0.25) is 0 Å². The first-order chi connectivity index (χ1) is 10.9. The molecule has 0 fully saturated rings. The standard InChI is InChI=1S/C19H16N2S/c1-3-8-15(9-4-1)17-14-18(19-12-7-13-22-19)21(20-17)16-10-5-2-6-11-16/h1-13,18H,14H2/t18-/m1/s1. The maximum absolute atomic E-state index is 4.92. The lowest BCUT2D eigenvalue weighted by Gasteiger charge is -2.22. The van der Waals surface area contributed by atoms with E-state index in [9.17, 15) is 0 Å². The maximum Gasteiger partial charge on any atom is 0.0923 e. The van der Waals surface area contributed by atoms with Gasteiger partial charge in [-0.05, 0) is 29.1 Å². The summed E-state index contributed by atoms with van der Waals surface area (Å²) in [7, 11) is 0. The fourth-order valence-corrected chi connectivity index (χ4v) is 3.65. The van der Waals surface area contributed by atoms with Crippen molar-refractivity contribution in [2.45, 2.75) is 12.5 Å². The van der Waals surface area contributed by atoms with Gasteiger partial charge in [0.15, 0.2) is 0 Å². The number of anilines is 1. The summed E-state index contributed by atoms with van der Waals surface area (Å²) in [5.41, 5.74) is 3.51. The Morgan fingerprint density at radius 1 is 0.864 bits per heavy atom. The van der Waals surface area contributed by atoms with E-state index in [-0.39, 0.29) is 6.04 Å². The van der Waals surface area contributed by atoms with Gasteiger partial charge in [-0.15, -0.1) is 11.3 Å². The van der Waals surface area contributed by atoms with Crippen LogP contribution in [0.15, 0.2) is 83.3 Å². The van der Waals surface area contributed by atoms with Crippen LogP contribution in [0.5, 0.6) is 0 Å². The number of benzene rings is 2. The van der Waals surface area contributed by atoms with Crippen molar-refractivity contribution < 1.29 is 0 Å². The summed E-state index contributed by atoms with van der Waals surface area (Å²) in [5.74, 6) is 0. The third kappa shape index (κ3) is 2.44. The van der Waals surface area contributed by atoms with Crippen LogP contribution in [0, 0.1) is 0 Å². The number of hydrogen-bond donors (Lipinski definition) is 0. The third-order valence-electron chi connectivity index (χ3n) is 3.91. The lowest BCUT2D eigenvalue weighted by atomic mass is 10.0. The van der Waals surface area contributed by atoms with Crippen LogP contribution in [0.4, 0.5) is 5.69 Å². The molecule has 0 saturated carbocycles. The first-order valence-corrected chi connectivity index (χ1v) is 8.30. The number of thiophene rings is 1. The average molecular weight is 304 g/mol. The molecular weight excluding hydrogens is 288 g/mol. The van der Waals surface area contributed by atoms with Gasteiger partial charge >= 0.3 is 0 Å². The predicted octanol–water partition coefficient (Wildman–Crippen LogP) is 5.10. The Balaban J connectivity index is 1.75. The number of hydrazone groups is 1. The van der Waals surface area contributed by atoms with Crippen molar-refractivity contribution >= 4 is 22.7 Å². The largest absolute Gasteiger partial charge is 0.257 e. The second-order valence-electron chi connectivity index (χ2n) is 5.33. The summed E-state index contributed by atoms with van der Waals surface area (Å²) in [6, 6.07) is 25.5. The van der Waals surface area contributed by atoms with E-state index in [1.54, 1.807) is 11.3 Å². The zero-order valence-corrected chi connectivity index (χ0v) is 12.9. The van der Waals surface area contributed by atoms with Crippen LogP contribution in [-0.2, 0) is 0 Å². The Kier molecular flexibility index (Phi) is 3.49. The topological polar surface area (TPSA) is 15.6 Å². The molecule has 1 atom stereocenters. The van der Waals surface area contributed by atoms with Crippen LogP contribution < -0.4 is 5.01 Å². The highest BCUT2D eigenvalue weighted by Crippen LogP contribution is 2.38. The zero-order valence-electron chi connectivity index (χ0n) is 12.1. The number of para-hydroxylation sites is 1. The Morgan fingerprint density at radius 3 is 2.27 bits per heavy atom. The van der Waals surface area contributed by atoms with E-state index in [1.165, 1.54) is 10.4 Å². The van der Waals surface area contributed by atoms with Gasteiger partial charge in [0.25, 0.3) is 0 Å². The highest BCUT2D eigenvalue weighted by atomic mass is 32.1. The van der Waals surface area contributed by atoms with Crippen molar-refractivity contribution in [3.8, 4) is 0 Å². The SMILES string of the molecule is c1ccc(C2=NN(c3ccccc3)[C@@H](c3cccs3)C2)cc1. The molecule has 3 aromatic rings. The molecule has 0 unspecified atom stereocenters. The van der Waals surface area contributed by atoms with Gasteiger partial charge in [0.05, 0.1) is 17.4 Å². The molecule has 0 bridgehead atoms. The minimum atomic E-state index is 0.289. The van der Waals surface area contributed by atoms with E-state index in [4.69, 9.17) is 5.10 Å². The molecular formula is C19H16N2S. The van der Waals surface area contributed by atoms with Crippen LogP contribution in [0.1, 0.15) is 22.9 Å². The number of nitrogens with zero attached hydrogens (tertiary/aromatic N) is 2. The predicted molar refractivity (Wildman–Crippen MR) is 93.6 cm³/mol. The first-order valence-electron chi connectivity index (χ1n) is 7.42. The Hall–Kier alpha value is -2.39. The summed E-state index contributed by atoms with van der Waals surface area (Å²) in [4.78, 5) is 1.36. The van der Waals surface area contributed by atoms with Crippen molar-refractivity contribution in [1.29, 1.82) is 0 Å². The molecule has 1 aliphatic rings. The summed E-state index contributed by atoms with van der Waals surface area (Å²) in [5, 5.41) is 9.22. The van der Waals surface area contributed by atoms with Crippen molar-refractivity contribution in [3.05, 3.63) is 88.6 Å². The maximum atomic E-state index is 4.92. The van der Waals surface area contributed by atoms with Gasteiger partial charge in [-0.3, -0.25) is 5.01 Å². The molecule has 108 valence electrons. The molecule has 0 spiro atoms. The molecule has 22 heavy (non-hydrogen) atoms. The Bertz CT molecular complexity index is 764. The van der Waals surface area contributed by atoms with Crippen LogP contribution in [-0.4, -0.2) is 5.71 Å². The normalized spacial score (nSPS) is 17.5. The molecule has 2 nitrogen and oxygen atoms in total. The molecule has 3 heteroatoms. The quantitative estimate of drug-likeness (QED) is 0.657. The van der Waals surface area contributed by atoms with Gasteiger partial charge in [0.2, 0.25) is 0 Å². The molecule has 1 aromatic heterocycles. The van der Waals surface area contributed by atoms with Crippen molar-refractivity contribution in [2.75, 3.05) is 5.01 Å². The van der Waals surface area contributed by atoms with Gasteiger partial charge in [-0.2, -0.15) is 5.10 Å². The van der Waals surface area contributed by atoms with Gasteiger partial charge in [-0.1, -0.05) is 54.6 Å². The van der Waals surface area contributed by atoms with E-state index in [1.807, 2.05) is 12.1 Å². The summed E-state index contributed by atoms with van der Waals surface area (Å²) in [6.45, 7) is 0. The molecule has 0 saturated heterocycles. The monoisotopic (exact) mass is 304 g/mol. The zero-order chi connectivity index (χ0) is 14.8. The van der Waals surface area contributed by atoms with Gasteiger partial charge < -0.3 is 0 Å². The lowest BCUT2D eigenvalue weighted by Crippen LogP contribution is -2.17. The minimum absolute atomic E-state index is 0.289. The highest BCUT2D eigenvalue weighted by Gasteiger charge is 2.30. The molecule has 2 heterocycles. The van der Waals surface area contributed by atoms with E-state index in [0.29, 0.717) is 0 Å². The van der Waals surface area contributed by atoms with Gasteiger partial charge in [-0.25, -0.2) is 0 Å². The molecule has 4 rings (SSSR count). The molecule has 2 aromatic carbocycles. The van der Waals surface area contributed by atoms with E-state index >= 15 is 0 Å². The van der Waals surface area contributed by atoms with E-state index in [0.717, 1.165) is 17.8 Å². The summed E-state index contributed by atoms with van der Waals surface area (Å²) >= 11 is 1.80. The van der Waals surface area contributed by atoms with Crippen molar-refractivity contribution in [3.63, 3.8) is 0 Å². The van der Waals surface area contributed by atoms with E-state index < -0.39 is 0 Å². The second kappa shape index (κ2) is 5.78. The van der Waals surface area contributed by atoms with Crippen molar-refractivity contribution in [1.82, 2.24) is 0 Å². The molecule has 0 radical (unpaired) electrons. The van der Waals surface area contributed by atoms with Crippen LogP contribution >= 0.6 is 11.3 Å².